The Morgan fingerprint density at radius 2 is 1.84 bits per heavy atom. The van der Waals surface area contributed by atoms with Crippen LogP contribution in [0.5, 0.6) is 0 Å². The number of alkyl halides is 3. The lowest BCUT2D eigenvalue weighted by atomic mass is 9.85. The molecule has 2 heterocycles. The predicted molar refractivity (Wildman–Crippen MR) is 151 cm³/mol. The standard InChI is InChI=1S/C20H22FN3O3.C11H8ClF3O/c1-23-17-11-12(19(25)24-8-2-3-9-24)4-7-15(17)18(22-23)14-6-5-13(20(26)27)10-16(14)21;12-9-3-1-2-8(7(9)6-16)10(4-5-10)11(13,14)15/h5-6,10,12H,2-4,7-9,11H2,1H3,(H,26,27);1-3,6H,4-5H2. The number of hydrogen-bond donors (Lipinski definition) is 1. The molecule has 1 saturated carbocycles. The first kappa shape index (κ1) is 30.7. The quantitative estimate of drug-likeness (QED) is 0.264. The molecule has 1 saturated heterocycles. The average molecular weight is 620 g/mol. The Hall–Kier alpha value is -3.73. The first-order chi connectivity index (χ1) is 20.4. The normalized spacial score (nSPS) is 18.8. The van der Waals surface area contributed by atoms with Gasteiger partial charge in [-0.3, -0.25) is 14.3 Å². The molecule has 1 amide bonds. The smallest absolute Gasteiger partial charge is 0.398 e. The fourth-order valence-corrected chi connectivity index (χ4v) is 6.36. The Labute approximate surface area is 250 Å². The van der Waals surface area contributed by atoms with E-state index in [1.54, 1.807) is 4.68 Å². The number of benzene rings is 2. The number of carbonyl (C=O) groups excluding carboxylic acids is 2. The Morgan fingerprint density at radius 3 is 2.42 bits per heavy atom. The molecule has 1 N–H and O–H groups in total. The minimum Gasteiger partial charge on any atom is -0.478 e. The van der Waals surface area contributed by atoms with Gasteiger partial charge in [0.1, 0.15) is 5.82 Å². The zero-order chi connectivity index (χ0) is 31.1. The molecule has 2 aromatic carbocycles. The third-order valence-electron chi connectivity index (χ3n) is 8.67. The molecule has 1 unspecified atom stereocenters. The van der Waals surface area contributed by atoms with Crippen molar-refractivity contribution in [2.45, 2.75) is 56.5 Å². The van der Waals surface area contributed by atoms with Gasteiger partial charge >= 0.3 is 12.1 Å². The number of fused-ring (bicyclic) bond motifs is 1. The maximum absolute atomic E-state index is 14.5. The van der Waals surface area contributed by atoms with E-state index in [0.717, 1.165) is 49.7 Å². The molecular formula is C31H30ClF4N3O4. The van der Waals surface area contributed by atoms with Crippen LogP contribution in [0, 0.1) is 11.7 Å². The SMILES string of the molecule is Cn1nc(-c2ccc(C(=O)O)cc2F)c2c1CC(C(=O)N1CCCC1)CC2.O=Cc1c(Cl)cccc1C1(C(F)(F)F)CC1. The molecule has 0 radical (unpaired) electrons. The Bertz CT molecular complexity index is 1580. The number of carboxylic acid groups (broad SMARTS) is 1. The van der Waals surface area contributed by atoms with Gasteiger partial charge < -0.3 is 10.0 Å². The highest BCUT2D eigenvalue weighted by Gasteiger charge is 2.64. The van der Waals surface area contributed by atoms with E-state index in [1.165, 1.54) is 30.3 Å². The van der Waals surface area contributed by atoms with Gasteiger partial charge in [-0.25, -0.2) is 9.18 Å². The van der Waals surface area contributed by atoms with Crippen LogP contribution in [0.15, 0.2) is 36.4 Å². The third kappa shape index (κ3) is 5.79. The number of aldehydes is 1. The number of halogens is 5. The van der Waals surface area contributed by atoms with Gasteiger partial charge in [0.15, 0.2) is 6.29 Å². The van der Waals surface area contributed by atoms with Crippen molar-refractivity contribution in [2.75, 3.05) is 13.1 Å². The molecule has 7 nitrogen and oxygen atoms in total. The topological polar surface area (TPSA) is 92.5 Å². The number of rotatable bonds is 5. The van der Waals surface area contributed by atoms with Gasteiger partial charge in [0.05, 0.1) is 21.7 Å². The van der Waals surface area contributed by atoms with Crippen LogP contribution in [-0.4, -0.2) is 57.2 Å². The van der Waals surface area contributed by atoms with Gasteiger partial charge in [0.2, 0.25) is 5.91 Å². The summed E-state index contributed by atoms with van der Waals surface area (Å²) in [4.78, 5) is 36.5. The first-order valence-corrected chi connectivity index (χ1v) is 14.4. The molecule has 2 aliphatic carbocycles. The molecule has 3 aliphatic rings. The van der Waals surface area contributed by atoms with Crippen LogP contribution in [0.3, 0.4) is 0 Å². The van der Waals surface area contributed by atoms with E-state index in [9.17, 15) is 31.9 Å². The van der Waals surface area contributed by atoms with Crippen LogP contribution in [0.2, 0.25) is 5.02 Å². The number of aromatic carboxylic acids is 1. The second-order valence-electron chi connectivity index (χ2n) is 11.3. The Morgan fingerprint density at radius 1 is 1.14 bits per heavy atom. The van der Waals surface area contributed by atoms with E-state index in [0.29, 0.717) is 30.4 Å². The molecule has 0 spiro atoms. The number of amides is 1. The molecule has 1 aromatic heterocycles. The summed E-state index contributed by atoms with van der Waals surface area (Å²) in [5.41, 5.74) is 0.808. The van der Waals surface area contributed by atoms with Gasteiger partial charge in [-0.2, -0.15) is 18.3 Å². The summed E-state index contributed by atoms with van der Waals surface area (Å²) >= 11 is 5.71. The number of aryl methyl sites for hydroxylation is 1. The average Bonchev–Trinajstić information content (AvgIpc) is 3.50. The van der Waals surface area contributed by atoms with Gasteiger partial charge in [-0.1, -0.05) is 23.7 Å². The minimum absolute atomic E-state index is 0.00231. The summed E-state index contributed by atoms with van der Waals surface area (Å²) in [7, 11) is 1.81. The largest absolute Gasteiger partial charge is 0.478 e. The van der Waals surface area contributed by atoms with E-state index in [1.807, 2.05) is 11.9 Å². The van der Waals surface area contributed by atoms with Crippen LogP contribution in [-0.2, 0) is 30.1 Å². The molecule has 12 heteroatoms. The number of carbonyl (C=O) groups is 3. The van der Waals surface area contributed by atoms with Gasteiger partial charge in [0.25, 0.3) is 0 Å². The lowest BCUT2D eigenvalue weighted by Crippen LogP contribution is -2.36. The molecule has 0 bridgehead atoms. The van der Waals surface area contributed by atoms with E-state index >= 15 is 0 Å². The number of hydrogen-bond acceptors (Lipinski definition) is 4. The summed E-state index contributed by atoms with van der Waals surface area (Å²) in [5, 5.41) is 13.6. The van der Waals surface area contributed by atoms with Gasteiger partial charge in [0, 0.05) is 54.9 Å². The van der Waals surface area contributed by atoms with Gasteiger partial charge in [-0.15, -0.1) is 0 Å². The highest BCUT2D eigenvalue weighted by atomic mass is 35.5. The minimum atomic E-state index is -4.32. The van der Waals surface area contributed by atoms with E-state index in [2.05, 4.69) is 5.10 Å². The zero-order valence-corrected chi connectivity index (χ0v) is 24.1. The molecule has 1 aliphatic heterocycles. The highest BCUT2D eigenvalue weighted by Crippen LogP contribution is 2.59. The first-order valence-electron chi connectivity index (χ1n) is 14.1. The van der Waals surface area contributed by atoms with Crippen LogP contribution >= 0.6 is 11.6 Å². The zero-order valence-electron chi connectivity index (χ0n) is 23.4. The van der Waals surface area contributed by atoms with Crippen molar-refractivity contribution in [3.8, 4) is 11.3 Å². The summed E-state index contributed by atoms with van der Waals surface area (Å²) in [6.07, 6.45) is 0.284. The highest BCUT2D eigenvalue weighted by molar-refractivity contribution is 6.33. The number of aromatic nitrogens is 2. The third-order valence-corrected chi connectivity index (χ3v) is 9.00. The van der Waals surface area contributed by atoms with E-state index in [4.69, 9.17) is 16.7 Å². The Balaban J connectivity index is 0.000000196. The van der Waals surface area contributed by atoms with Crippen LogP contribution in [0.25, 0.3) is 11.3 Å². The summed E-state index contributed by atoms with van der Waals surface area (Å²) in [5.74, 6) is -1.58. The van der Waals surface area contributed by atoms with Crippen molar-refractivity contribution in [3.63, 3.8) is 0 Å². The molecular weight excluding hydrogens is 590 g/mol. The fraction of sp³-hybridized carbons (Fsp3) is 0.419. The van der Waals surface area contributed by atoms with Crippen LogP contribution < -0.4 is 0 Å². The van der Waals surface area contributed by atoms with Crippen LogP contribution in [0.4, 0.5) is 17.6 Å². The number of carboxylic acids is 1. The number of nitrogens with zero attached hydrogens (tertiary/aromatic N) is 3. The van der Waals surface area contributed by atoms with Crippen LogP contribution in [0.1, 0.15) is 69.6 Å². The maximum Gasteiger partial charge on any atom is 0.398 e. The second-order valence-corrected chi connectivity index (χ2v) is 11.7. The van der Waals surface area contributed by atoms with Crippen molar-refractivity contribution in [2.24, 2.45) is 13.0 Å². The van der Waals surface area contributed by atoms with Crippen molar-refractivity contribution in [1.29, 1.82) is 0 Å². The van der Waals surface area contributed by atoms with Crippen molar-refractivity contribution >= 4 is 29.8 Å². The van der Waals surface area contributed by atoms with Crippen molar-refractivity contribution < 1.29 is 37.1 Å². The molecule has 228 valence electrons. The fourth-order valence-electron chi connectivity index (χ4n) is 6.14. The molecule has 2 fully saturated rings. The lowest BCUT2D eigenvalue weighted by Gasteiger charge is -2.26. The number of likely N-dealkylation sites (tertiary alicyclic amines) is 1. The molecule has 43 heavy (non-hydrogen) atoms. The van der Waals surface area contributed by atoms with Crippen molar-refractivity contribution in [1.82, 2.24) is 14.7 Å². The molecule has 6 rings (SSSR count). The molecule has 1 atom stereocenters. The Kier molecular flexibility index (Phi) is 8.39. The lowest BCUT2D eigenvalue weighted by molar-refractivity contribution is -0.160. The van der Waals surface area contributed by atoms with Crippen molar-refractivity contribution in [3.05, 3.63) is 75.2 Å². The van der Waals surface area contributed by atoms with E-state index < -0.39 is 23.4 Å². The summed E-state index contributed by atoms with van der Waals surface area (Å²) < 4.78 is 54.9. The summed E-state index contributed by atoms with van der Waals surface area (Å²) in [6.45, 7) is 1.69. The van der Waals surface area contributed by atoms with Gasteiger partial charge in [-0.05, 0) is 68.4 Å². The maximum atomic E-state index is 14.5. The molecule has 3 aromatic rings. The van der Waals surface area contributed by atoms with E-state index in [-0.39, 0.29) is 46.4 Å². The monoisotopic (exact) mass is 619 g/mol. The predicted octanol–water partition coefficient (Wildman–Crippen LogP) is 6.40. The second kappa shape index (κ2) is 11.7. The summed E-state index contributed by atoms with van der Waals surface area (Å²) in [6, 6.07) is 8.09.